The molecule has 5 N–H and O–H groups in total. The van der Waals surface area contributed by atoms with Gasteiger partial charge in [-0.15, -0.1) is 0 Å². The number of aliphatic hydroxyl groups excluding tert-OH is 1. The normalized spacial score (nSPS) is 20.6. The van der Waals surface area contributed by atoms with Gasteiger partial charge in [-0.25, -0.2) is 9.78 Å². The second-order valence-corrected chi connectivity index (χ2v) is 9.71. The zero-order chi connectivity index (χ0) is 26.6. The Bertz CT molecular complexity index is 1260. The third-order valence-electron chi connectivity index (χ3n) is 6.82. The minimum atomic E-state index is -0.473. The fraction of sp³-hybridized carbons (Fsp3) is 0.462. The zero-order valence-corrected chi connectivity index (χ0v) is 20.8. The van der Waals surface area contributed by atoms with Crippen molar-refractivity contribution in [1.82, 2.24) is 10.3 Å². The van der Waals surface area contributed by atoms with Crippen molar-refractivity contribution in [3.8, 4) is 17.6 Å². The summed E-state index contributed by atoms with van der Waals surface area (Å²) in [5, 5.41) is 24.8. The Morgan fingerprint density at radius 2 is 2.21 bits per heavy atom. The molecule has 3 heterocycles. The number of ether oxygens (including phenoxy) is 3. The molecule has 1 aromatic carbocycles. The summed E-state index contributed by atoms with van der Waals surface area (Å²) in [6.45, 7) is 1.76. The fourth-order valence-corrected chi connectivity index (χ4v) is 4.91. The monoisotopic (exact) mass is 522 g/mol. The number of nitriles is 1. The number of hydrogen-bond donors (Lipinski definition) is 4. The molecule has 2 amide bonds. The number of hydrogen-bond acceptors (Lipinski definition) is 10. The number of anilines is 2. The van der Waals surface area contributed by atoms with Gasteiger partial charge in [0.2, 0.25) is 0 Å². The molecule has 2 unspecified atom stereocenters. The number of nitrogens with zero attached hydrogens (tertiary/aromatic N) is 3. The highest BCUT2D eigenvalue weighted by Crippen LogP contribution is 2.33. The zero-order valence-electron chi connectivity index (χ0n) is 20.8. The number of nitrogens with two attached hydrogens (primary N) is 1. The Kier molecular flexibility index (Phi) is 7.59. The smallest absolute Gasteiger partial charge is 0.415 e. The molecule has 200 valence electrons. The van der Waals surface area contributed by atoms with Gasteiger partial charge < -0.3 is 35.7 Å². The lowest BCUT2D eigenvalue weighted by molar-refractivity contribution is -0.118. The van der Waals surface area contributed by atoms with Crippen molar-refractivity contribution in [2.24, 2.45) is 11.7 Å². The molecule has 0 spiro atoms. The molecule has 0 radical (unpaired) electrons. The Morgan fingerprint density at radius 1 is 1.34 bits per heavy atom. The van der Waals surface area contributed by atoms with E-state index in [2.05, 4.69) is 21.7 Å². The number of carbonyl (C=O) groups is 2. The number of cyclic esters (lactones) is 1. The van der Waals surface area contributed by atoms with Gasteiger partial charge in [-0.05, 0) is 73.7 Å². The summed E-state index contributed by atoms with van der Waals surface area (Å²) in [6, 6.07) is 8.84. The molecule has 38 heavy (non-hydrogen) atoms. The predicted octanol–water partition coefficient (Wildman–Crippen LogP) is 0.702. The lowest BCUT2D eigenvalue weighted by atomic mass is 10.0. The van der Waals surface area contributed by atoms with E-state index >= 15 is 0 Å². The molecule has 0 saturated carbocycles. The number of carbonyl (C=O) groups excluding carboxylic acids is 2. The molecule has 12 nitrogen and oxygen atoms in total. The number of pyridine rings is 1. The van der Waals surface area contributed by atoms with Crippen LogP contribution in [0.25, 0.3) is 0 Å². The third-order valence-corrected chi connectivity index (χ3v) is 6.82. The van der Waals surface area contributed by atoms with E-state index in [-0.39, 0.29) is 31.8 Å². The number of benzene rings is 1. The molecule has 1 fully saturated rings. The first kappa shape index (κ1) is 25.7. The van der Waals surface area contributed by atoms with Crippen LogP contribution in [0.3, 0.4) is 0 Å². The average Bonchev–Trinajstić information content (AvgIpc) is 3.51. The lowest BCUT2D eigenvalue weighted by Gasteiger charge is -2.19. The average molecular weight is 523 g/mol. The predicted molar refractivity (Wildman–Crippen MR) is 136 cm³/mol. The first-order valence-electron chi connectivity index (χ1n) is 12.6. The van der Waals surface area contributed by atoms with Crippen LogP contribution in [-0.2, 0) is 22.4 Å². The molecule has 5 rings (SSSR count). The van der Waals surface area contributed by atoms with Crippen LogP contribution in [-0.4, -0.2) is 73.7 Å². The maximum Gasteiger partial charge on any atom is 0.415 e. The molecule has 0 bridgehead atoms. The van der Waals surface area contributed by atoms with Crippen LogP contribution in [0, 0.1) is 17.2 Å². The van der Waals surface area contributed by atoms with Gasteiger partial charge >= 0.3 is 6.09 Å². The highest BCUT2D eigenvalue weighted by molar-refractivity contribution is 5.95. The van der Waals surface area contributed by atoms with Crippen LogP contribution >= 0.6 is 0 Å². The molecule has 12 heteroatoms. The number of nitrogens with one attached hydrogen (secondary N) is 2. The minimum absolute atomic E-state index is 0.0582. The van der Waals surface area contributed by atoms with E-state index in [1.165, 1.54) is 4.90 Å². The summed E-state index contributed by atoms with van der Waals surface area (Å²) in [5.74, 6) is 1.79. The Labute approximate surface area is 219 Å². The van der Waals surface area contributed by atoms with Gasteiger partial charge in [-0.1, -0.05) is 0 Å². The molecule has 1 aliphatic carbocycles. The van der Waals surface area contributed by atoms with E-state index in [4.69, 9.17) is 25.1 Å². The largest absolute Gasteiger partial charge is 0.492 e. The van der Waals surface area contributed by atoms with Crippen LogP contribution in [0.1, 0.15) is 23.1 Å². The Hall–Kier alpha value is -3.92. The number of amides is 2. The van der Waals surface area contributed by atoms with Gasteiger partial charge in [0.05, 0.1) is 30.8 Å². The standard InChI is InChI=1S/C26H30N6O6/c27-9-17-8-20(36-13-18(28)12-33)7-16-5-15(6-21(16)17)10-29-4-3-19-11-32(26(35)38-19)23-2-1-22-25(30-23)31-24(34)14-37-22/h1-2,7-8,15,18-19,29,33H,3-6,10-14,28H2,(H,30,31,34)/t15?,18-,19?/m1/s1. The molecule has 2 aliphatic heterocycles. The second-order valence-electron chi connectivity index (χ2n) is 9.71. The molecule has 3 atom stereocenters. The SMILES string of the molecule is N#Cc1cc(OC[C@H](N)CO)cc2c1CC(CNCCC1CN(c3ccc4c(n3)NC(=O)CO4)C(=O)O1)C2. The number of fused-ring (bicyclic) bond motifs is 2. The van der Waals surface area contributed by atoms with Crippen molar-refractivity contribution in [2.45, 2.75) is 31.4 Å². The quantitative estimate of drug-likeness (QED) is 0.326. The van der Waals surface area contributed by atoms with Crippen molar-refractivity contribution in [2.75, 3.05) is 49.7 Å². The van der Waals surface area contributed by atoms with E-state index in [0.717, 1.165) is 30.5 Å². The van der Waals surface area contributed by atoms with Crippen LogP contribution in [0.15, 0.2) is 24.3 Å². The molecular weight excluding hydrogens is 492 g/mol. The first-order chi connectivity index (χ1) is 18.4. The van der Waals surface area contributed by atoms with E-state index in [1.54, 1.807) is 18.2 Å². The van der Waals surface area contributed by atoms with E-state index in [0.29, 0.717) is 54.1 Å². The maximum atomic E-state index is 12.4. The van der Waals surface area contributed by atoms with Crippen LogP contribution in [0.5, 0.6) is 11.5 Å². The number of aliphatic hydroxyl groups is 1. The van der Waals surface area contributed by atoms with E-state index in [9.17, 15) is 14.9 Å². The van der Waals surface area contributed by atoms with Crippen molar-refractivity contribution in [3.63, 3.8) is 0 Å². The van der Waals surface area contributed by atoms with Crippen molar-refractivity contribution >= 4 is 23.6 Å². The third kappa shape index (κ3) is 5.65. The first-order valence-corrected chi connectivity index (χ1v) is 12.6. The molecular formula is C26H30N6O6. The van der Waals surface area contributed by atoms with Crippen LogP contribution < -0.4 is 30.7 Å². The van der Waals surface area contributed by atoms with Gasteiger partial charge in [-0.3, -0.25) is 9.69 Å². The highest BCUT2D eigenvalue weighted by atomic mass is 16.6. The van der Waals surface area contributed by atoms with Crippen LogP contribution in [0.4, 0.5) is 16.4 Å². The Balaban J connectivity index is 1.09. The summed E-state index contributed by atoms with van der Waals surface area (Å²) in [5.41, 5.74) is 8.48. The number of rotatable bonds is 10. The van der Waals surface area contributed by atoms with E-state index in [1.807, 2.05) is 6.07 Å². The van der Waals surface area contributed by atoms with E-state index < -0.39 is 12.1 Å². The minimum Gasteiger partial charge on any atom is -0.492 e. The molecule has 2 aromatic rings. The summed E-state index contributed by atoms with van der Waals surface area (Å²) in [7, 11) is 0. The summed E-state index contributed by atoms with van der Waals surface area (Å²) >= 11 is 0. The van der Waals surface area contributed by atoms with Gasteiger partial charge in [0, 0.05) is 0 Å². The highest BCUT2D eigenvalue weighted by Gasteiger charge is 2.34. The van der Waals surface area contributed by atoms with Crippen molar-refractivity contribution in [1.29, 1.82) is 5.26 Å². The van der Waals surface area contributed by atoms with Crippen molar-refractivity contribution in [3.05, 3.63) is 41.0 Å². The summed E-state index contributed by atoms with van der Waals surface area (Å²) < 4.78 is 16.5. The summed E-state index contributed by atoms with van der Waals surface area (Å²) in [6.07, 6.45) is 1.52. The van der Waals surface area contributed by atoms with Crippen LogP contribution in [0.2, 0.25) is 0 Å². The molecule has 1 aromatic heterocycles. The van der Waals surface area contributed by atoms with Gasteiger partial charge in [0.25, 0.3) is 5.91 Å². The lowest BCUT2D eigenvalue weighted by Crippen LogP contribution is -2.31. The maximum absolute atomic E-state index is 12.4. The van der Waals surface area contributed by atoms with Crippen molar-refractivity contribution < 1.29 is 28.9 Å². The van der Waals surface area contributed by atoms with Gasteiger partial charge in [0.15, 0.2) is 18.2 Å². The summed E-state index contributed by atoms with van der Waals surface area (Å²) in [4.78, 5) is 29.8. The van der Waals surface area contributed by atoms with Gasteiger partial charge in [-0.2, -0.15) is 5.26 Å². The molecule has 1 saturated heterocycles. The Morgan fingerprint density at radius 3 is 3.03 bits per heavy atom. The topological polar surface area (TPSA) is 172 Å². The molecule has 3 aliphatic rings. The number of aromatic nitrogens is 1. The van der Waals surface area contributed by atoms with Gasteiger partial charge in [0.1, 0.15) is 24.3 Å². The fourth-order valence-electron chi connectivity index (χ4n) is 4.91. The second kappa shape index (κ2) is 11.2.